The van der Waals surface area contributed by atoms with Crippen LogP contribution in [0.3, 0.4) is 0 Å². The summed E-state index contributed by atoms with van der Waals surface area (Å²) in [5.74, 6) is 0.982. The fourth-order valence-electron chi connectivity index (χ4n) is 2.02. The highest BCUT2D eigenvalue weighted by Crippen LogP contribution is 2.27. The van der Waals surface area contributed by atoms with Gasteiger partial charge in [-0.15, -0.1) is 11.3 Å². The number of hydrogen-bond donors (Lipinski definition) is 1. The summed E-state index contributed by atoms with van der Waals surface area (Å²) in [6.45, 7) is 2.88. The second kappa shape index (κ2) is 4.96. The molecule has 0 saturated carbocycles. The molecule has 0 radical (unpaired) electrons. The van der Waals surface area contributed by atoms with Crippen molar-refractivity contribution in [1.29, 1.82) is 0 Å². The number of benzene rings is 1. The van der Waals surface area contributed by atoms with Gasteiger partial charge in [-0.25, -0.2) is 4.98 Å². The van der Waals surface area contributed by atoms with Gasteiger partial charge >= 0.3 is 0 Å². The van der Waals surface area contributed by atoms with Gasteiger partial charge in [0.25, 0.3) is 0 Å². The standard InChI is InChI=1S/C13H15N3OS/c14-7-11-9-18-13(15-11)16-5-6-17-12-4-2-1-3-10(12)8-16/h1-4,9H,5-8,14H2. The predicted octanol–water partition coefficient (Wildman–Crippen LogP) is 2.00. The van der Waals surface area contributed by atoms with Crippen LogP contribution >= 0.6 is 11.3 Å². The molecule has 1 aliphatic rings. The Balaban J connectivity index is 1.86. The molecule has 1 aromatic heterocycles. The molecule has 2 heterocycles. The predicted molar refractivity (Wildman–Crippen MR) is 73.0 cm³/mol. The molecule has 5 heteroatoms. The number of aromatic nitrogens is 1. The van der Waals surface area contributed by atoms with Crippen molar-refractivity contribution >= 4 is 16.5 Å². The molecule has 0 unspecified atom stereocenters. The summed E-state index contributed by atoms with van der Waals surface area (Å²) in [6, 6.07) is 8.17. The molecule has 3 rings (SSSR count). The van der Waals surface area contributed by atoms with Crippen LogP contribution in [0.2, 0.25) is 0 Å². The molecule has 2 N–H and O–H groups in total. The van der Waals surface area contributed by atoms with Crippen LogP contribution < -0.4 is 15.4 Å². The summed E-state index contributed by atoms with van der Waals surface area (Å²) < 4.78 is 5.74. The van der Waals surface area contributed by atoms with Gasteiger partial charge in [0.05, 0.1) is 12.2 Å². The first-order valence-electron chi connectivity index (χ1n) is 5.97. The molecule has 0 amide bonds. The van der Waals surface area contributed by atoms with E-state index in [9.17, 15) is 0 Å². The quantitative estimate of drug-likeness (QED) is 0.898. The van der Waals surface area contributed by atoms with E-state index in [-0.39, 0.29) is 0 Å². The average Bonchev–Trinajstić information content (AvgIpc) is 2.78. The molecular weight excluding hydrogens is 246 g/mol. The zero-order valence-corrected chi connectivity index (χ0v) is 10.8. The first kappa shape index (κ1) is 11.5. The average molecular weight is 261 g/mol. The highest BCUT2D eigenvalue weighted by atomic mass is 32.1. The van der Waals surface area contributed by atoms with Crippen LogP contribution in [-0.4, -0.2) is 18.1 Å². The van der Waals surface area contributed by atoms with Crippen molar-refractivity contribution in [1.82, 2.24) is 4.98 Å². The number of nitrogens with zero attached hydrogens (tertiary/aromatic N) is 2. The first-order chi connectivity index (χ1) is 8.86. The summed E-state index contributed by atoms with van der Waals surface area (Å²) in [4.78, 5) is 6.78. The summed E-state index contributed by atoms with van der Waals surface area (Å²) >= 11 is 1.64. The maximum Gasteiger partial charge on any atom is 0.185 e. The molecule has 1 aliphatic heterocycles. The van der Waals surface area contributed by atoms with Gasteiger partial charge in [-0.2, -0.15) is 0 Å². The third kappa shape index (κ3) is 2.19. The van der Waals surface area contributed by atoms with E-state index in [1.807, 2.05) is 23.6 Å². The Hall–Kier alpha value is -1.59. The van der Waals surface area contributed by atoms with E-state index in [2.05, 4.69) is 16.0 Å². The van der Waals surface area contributed by atoms with Crippen LogP contribution in [0.4, 0.5) is 5.13 Å². The summed E-state index contributed by atoms with van der Waals surface area (Å²) in [7, 11) is 0. The fourth-order valence-corrected chi connectivity index (χ4v) is 2.89. The van der Waals surface area contributed by atoms with Crippen molar-refractivity contribution in [2.24, 2.45) is 5.73 Å². The zero-order valence-electron chi connectivity index (χ0n) is 10.0. The Labute approximate surface area is 110 Å². The number of ether oxygens (including phenoxy) is 1. The molecule has 0 spiro atoms. The molecule has 4 nitrogen and oxygen atoms in total. The van der Waals surface area contributed by atoms with Crippen LogP contribution in [0.25, 0.3) is 0 Å². The largest absolute Gasteiger partial charge is 0.491 e. The van der Waals surface area contributed by atoms with E-state index in [0.717, 1.165) is 29.7 Å². The van der Waals surface area contributed by atoms with Crippen molar-refractivity contribution < 1.29 is 4.74 Å². The Morgan fingerprint density at radius 1 is 1.39 bits per heavy atom. The molecule has 0 saturated heterocycles. The maximum absolute atomic E-state index is 5.74. The van der Waals surface area contributed by atoms with E-state index in [4.69, 9.17) is 10.5 Å². The lowest BCUT2D eigenvalue weighted by Gasteiger charge is -2.18. The molecule has 18 heavy (non-hydrogen) atoms. The number of hydrogen-bond acceptors (Lipinski definition) is 5. The molecule has 94 valence electrons. The molecular formula is C13H15N3OS. The van der Waals surface area contributed by atoms with Crippen LogP contribution in [0, 0.1) is 0 Å². The highest BCUT2D eigenvalue weighted by molar-refractivity contribution is 7.13. The van der Waals surface area contributed by atoms with Crippen molar-refractivity contribution in [3.05, 3.63) is 40.9 Å². The van der Waals surface area contributed by atoms with Crippen molar-refractivity contribution in [3.63, 3.8) is 0 Å². The van der Waals surface area contributed by atoms with Gasteiger partial charge in [0.2, 0.25) is 0 Å². The Morgan fingerprint density at radius 3 is 3.11 bits per heavy atom. The SMILES string of the molecule is NCc1csc(N2CCOc3ccccc3C2)n1. The van der Waals surface area contributed by atoms with Crippen LogP contribution in [0.1, 0.15) is 11.3 Å². The smallest absolute Gasteiger partial charge is 0.185 e. The monoisotopic (exact) mass is 261 g/mol. The molecule has 0 fully saturated rings. The number of nitrogens with two attached hydrogens (primary N) is 1. The lowest BCUT2D eigenvalue weighted by molar-refractivity contribution is 0.331. The van der Waals surface area contributed by atoms with Crippen molar-refractivity contribution in [3.8, 4) is 5.75 Å². The summed E-state index contributed by atoms with van der Waals surface area (Å²) in [5.41, 5.74) is 7.76. The normalized spacial score (nSPS) is 14.8. The highest BCUT2D eigenvalue weighted by Gasteiger charge is 2.17. The number of anilines is 1. The van der Waals surface area contributed by atoms with Crippen molar-refractivity contribution in [2.75, 3.05) is 18.1 Å². The van der Waals surface area contributed by atoms with E-state index < -0.39 is 0 Å². The van der Waals surface area contributed by atoms with Gasteiger partial charge in [0.1, 0.15) is 12.4 Å². The van der Waals surface area contributed by atoms with Crippen LogP contribution in [0.5, 0.6) is 5.75 Å². The van der Waals surface area contributed by atoms with E-state index in [1.54, 1.807) is 11.3 Å². The number of rotatable bonds is 2. The van der Waals surface area contributed by atoms with Gasteiger partial charge in [-0.3, -0.25) is 0 Å². The molecule has 0 atom stereocenters. The molecule has 2 aromatic rings. The van der Waals surface area contributed by atoms with Crippen LogP contribution in [0.15, 0.2) is 29.6 Å². The third-order valence-electron chi connectivity index (χ3n) is 2.97. The Kier molecular flexibility index (Phi) is 3.17. The van der Waals surface area contributed by atoms with E-state index >= 15 is 0 Å². The minimum absolute atomic E-state index is 0.497. The minimum Gasteiger partial charge on any atom is -0.491 e. The Bertz CT molecular complexity index is 541. The van der Waals surface area contributed by atoms with Gasteiger partial charge in [-0.05, 0) is 6.07 Å². The van der Waals surface area contributed by atoms with Gasteiger partial charge in [0.15, 0.2) is 5.13 Å². The number of fused-ring (bicyclic) bond motifs is 1. The number of para-hydroxylation sites is 1. The summed E-state index contributed by atoms with van der Waals surface area (Å²) in [5, 5.41) is 3.04. The number of thiazole rings is 1. The van der Waals surface area contributed by atoms with Gasteiger partial charge in [-0.1, -0.05) is 18.2 Å². The van der Waals surface area contributed by atoms with Crippen molar-refractivity contribution in [2.45, 2.75) is 13.1 Å². The molecule has 0 bridgehead atoms. The fraction of sp³-hybridized carbons (Fsp3) is 0.308. The van der Waals surface area contributed by atoms with Gasteiger partial charge < -0.3 is 15.4 Å². The second-order valence-corrected chi connectivity index (χ2v) is 5.04. The van der Waals surface area contributed by atoms with E-state index in [0.29, 0.717) is 13.2 Å². The van der Waals surface area contributed by atoms with Gasteiger partial charge in [0, 0.05) is 24.0 Å². The third-order valence-corrected chi connectivity index (χ3v) is 3.92. The molecule has 0 aliphatic carbocycles. The topological polar surface area (TPSA) is 51.4 Å². The maximum atomic E-state index is 5.74. The Morgan fingerprint density at radius 2 is 2.28 bits per heavy atom. The zero-order chi connectivity index (χ0) is 12.4. The lowest BCUT2D eigenvalue weighted by atomic mass is 10.2. The summed E-state index contributed by atoms with van der Waals surface area (Å²) in [6.07, 6.45) is 0. The first-order valence-corrected chi connectivity index (χ1v) is 6.85. The van der Waals surface area contributed by atoms with E-state index in [1.165, 1.54) is 5.56 Å². The molecule has 1 aromatic carbocycles. The minimum atomic E-state index is 0.497. The second-order valence-electron chi connectivity index (χ2n) is 4.20. The van der Waals surface area contributed by atoms with Crippen LogP contribution in [-0.2, 0) is 13.1 Å². The lowest BCUT2D eigenvalue weighted by Crippen LogP contribution is -2.25.